The monoisotopic (exact) mass is 569 g/mol. The number of nitrogens with one attached hydrogen (secondary N) is 1. The van der Waals surface area contributed by atoms with Gasteiger partial charge in [-0.05, 0) is 84.6 Å². The Bertz CT molecular complexity index is 1520. The van der Waals surface area contributed by atoms with E-state index in [0.717, 1.165) is 17.5 Å². The number of carbonyl (C=O) groups excluding carboxylic acids is 1. The van der Waals surface area contributed by atoms with Gasteiger partial charge in [-0.15, -0.1) is 0 Å². The van der Waals surface area contributed by atoms with Crippen LogP contribution in [0, 0.1) is 19.7 Å². The number of fused-ring (bicyclic) bond motifs is 2. The molecule has 9 nitrogen and oxygen atoms in total. The van der Waals surface area contributed by atoms with Gasteiger partial charge in [0.1, 0.15) is 11.3 Å². The number of rotatable bonds is 8. The molecule has 2 aromatic heterocycles. The summed E-state index contributed by atoms with van der Waals surface area (Å²) in [7, 11) is 3.29. The molecule has 1 aromatic carbocycles. The lowest BCUT2D eigenvalue weighted by atomic mass is 9.86. The normalized spacial score (nSPS) is 14.5. The number of aryl methyl sites for hydroxylation is 2. The molecule has 2 N–H and O–H groups in total. The average Bonchev–Trinajstić information content (AvgIpc) is 3.19. The van der Waals surface area contributed by atoms with Crippen molar-refractivity contribution in [3.8, 4) is 16.9 Å². The maximum absolute atomic E-state index is 15.6. The van der Waals surface area contributed by atoms with Crippen LogP contribution < -0.4 is 10.1 Å². The van der Waals surface area contributed by atoms with Crippen LogP contribution in [0.5, 0.6) is 5.75 Å². The van der Waals surface area contributed by atoms with Crippen molar-refractivity contribution in [3.05, 3.63) is 46.0 Å². The van der Waals surface area contributed by atoms with Crippen molar-refractivity contribution in [2.45, 2.75) is 78.6 Å². The number of nitrogens with zero attached hydrogens (tertiary/aromatic N) is 2. The van der Waals surface area contributed by atoms with Gasteiger partial charge in [-0.2, -0.15) is 0 Å². The van der Waals surface area contributed by atoms with Crippen LogP contribution in [0.3, 0.4) is 0 Å². The van der Waals surface area contributed by atoms with Gasteiger partial charge in [-0.25, -0.2) is 14.2 Å². The molecule has 4 rings (SSSR count). The lowest BCUT2D eigenvalue weighted by molar-refractivity contribution is -0.160. The molecule has 3 aromatic rings. The van der Waals surface area contributed by atoms with E-state index in [2.05, 4.69) is 5.32 Å². The summed E-state index contributed by atoms with van der Waals surface area (Å²) in [6, 6.07) is 3.07. The summed E-state index contributed by atoms with van der Waals surface area (Å²) in [6.45, 7) is 13.4. The summed E-state index contributed by atoms with van der Waals surface area (Å²) in [5, 5.41) is 13.9. The number of aromatic nitrogens is 2. The number of aliphatic carboxylic acids is 1. The first-order valence-corrected chi connectivity index (χ1v) is 13.7. The van der Waals surface area contributed by atoms with E-state index < -0.39 is 29.0 Å². The summed E-state index contributed by atoms with van der Waals surface area (Å²) >= 11 is 0. The minimum Gasteiger partial charge on any atom is -0.490 e. The Hall–Kier alpha value is -3.50. The second kappa shape index (κ2) is 11.1. The number of carbonyl (C=O) groups is 2. The molecule has 1 atom stereocenters. The quantitative estimate of drug-likeness (QED) is 0.373. The highest BCUT2D eigenvalue weighted by atomic mass is 19.1. The van der Waals surface area contributed by atoms with E-state index in [9.17, 15) is 14.7 Å². The molecule has 0 bridgehead atoms. The van der Waals surface area contributed by atoms with Crippen LogP contribution in [-0.2, 0) is 27.7 Å². The first-order valence-electron chi connectivity index (χ1n) is 13.7. The largest absolute Gasteiger partial charge is 0.490 e. The van der Waals surface area contributed by atoms with Crippen molar-refractivity contribution in [2.24, 2.45) is 7.05 Å². The maximum Gasteiger partial charge on any atom is 0.337 e. The molecule has 1 amide bonds. The van der Waals surface area contributed by atoms with E-state index in [1.54, 1.807) is 52.5 Å². The molecule has 10 heteroatoms. The van der Waals surface area contributed by atoms with Gasteiger partial charge in [-0.1, -0.05) is 0 Å². The molecular weight excluding hydrogens is 529 g/mol. The number of carboxylic acid groups (broad SMARTS) is 1. The number of ether oxygens (including phenoxy) is 3. The van der Waals surface area contributed by atoms with E-state index in [1.807, 2.05) is 20.8 Å². The number of carboxylic acids is 1. The Morgan fingerprint density at radius 2 is 1.90 bits per heavy atom. The molecule has 0 radical (unpaired) electrons. The highest BCUT2D eigenvalue weighted by molar-refractivity contribution is 6.05. The fourth-order valence-corrected chi connectivity index (χ4v) is 5.56. The molecule has 0 saturated heterocycles. The fourth-order valence-electron chi connectivity index (χ4n) is 5.56. The predicted molar refractivity (Wildman–Crippen MR) is 154 cm³/mol. The van der Waals surface area contributed by atoms with Gasteiger partial charge in [0.05, 0.1) is 24.4 Å². The number of methoxy groups -OCH3 is 1. The van der Waals surface area contributed by atoms with Crippen LogP contribution in [0.15, 0.2) is 12.1 Å². The third-order valence-electron chi connectivity index (χ3n) is 7.26. The number of pyridine rings is 1. The van der Waals surface area contributed by atoms with Crippen LogP contribution in [0.2, 0.25) is 0 Å². The lowest BCUT2D eigenvalue weighted by Crippen LogP contribution is -2.47. The van der Waals surface area contributed by atoms with Crippen molar-refractivity contribution in [1.82, 2.24) is 14.9 Å². The third kappa shape index (κ3) is 5.94. The van der Waals surface area contributed by atoms with E-state index in [-0.39, 0.29) is 11.7 Å². The second-order valence-corrected chi connectivity index (χ2v) is 12.3. The van der Waals surface area contributed by atoms with Crippen LogP contribution in [0.1, 0.15) is 80.0 Å². The number of amides is 1. The predicted octanol–water partition coefficient (Wildman–Crippen LogP) is 5.42. The standard InChI is InChI=1S/C31H40FN3O6/c1-16-18-11-10-12-40-25(18)21(32)13-19(16)24-20-14-22(28(36)34-31(6,7)15-39-9)35(8)27(20)33-17(2)23(24)26(29(37)38)41-30(3,4)5/h13-14,26H,10-12,15H2,1-9H3,(H,34,36)(H,37,38)/t26-/m0/s1. The molecule has 0 fully saturated rings. The zero-order chi connectivity index (χ0) is 30.4. The minimum absolute atomic E-state index is 0.232. The van der Waals surface area contributed by atoms with E-state index in [1.165, 1.54) is 6.07 Å². The molecular formula is C31H40FN3O6. The van der Waals surface area contributed by atoms with Gasteiger partial charge in [0.15, 0.2) is 17.7 Å². The molecule has 0 spiro atoms. The van der Waals surface area contributed by atoms with E-state index in [4.69, 9.17) is 19.2 Å². The minimum atomic E-state index is -1.39. The molecule has 0 aliphatic carbocycles. The van der Waals surface area contributed by atoms with Crippen molar-refractivity contribution in [2.75, 3.05) is 20.3 Å². The Kier molecular flexibility index (Phi) is 8.21. The third-order valence-corrected chi connectivity index (χ3v) is 7.26. The maximum atomic E-state index is 15.6. The first kappa shape index (κ1) is 30.5. The Morgan fingerprint density at radius 1 is 1.22 bits per heavy atom. The summed E-state index contributed by atoms with van der Waals surface area (Å²) in [5.74, 6) is -1.83. The number of hydrogen-bond acceptors (Lipinski definition) is 6. The number of halogens is 1. The van der Waals surface area contributed by atoms with Crippen LogP contribution >= 0.6 is 0 Å². The fraction of sp³-hybridized carbons (Fsp3) is 0.516. The van der Waals surface area contributed by atoms with Crippen LogP contribution in [-0.4, -0.2) is 58.0 Å². The van der Waals surface area contributed by atoms with Gasteiger partial charge in [0.25, 0.3) is 5.91 Å². The highest BCUT2D eigenvalue weighted by Crippen LogP contribution is 2.44. The number of hydrogen-bond donors (Lipinski definition) is 2. The van der Waals surface area contributed by atoms with Gasteiger partial charge in [0, 0.05) is 41.9 Å². The van der Waals surface area contributed by atoms with Crippen molar-refractivity contribution >= 4 is 22.9 Å². The molecule has 0 saturated carbocycles. The lowest BCUT2D eigenvalue weighted by Gasteiger charge is -2.29. The summed E-state index contributed by atoms with van der Waals surface area (Å²) in [5.41, 5.74) is 2.57. The van der Waals surface area contributed by atoms with Crippen molar-refractivity contribution < 1.29 is 33.3 Å². The summed E-state index contributed by atoms with van der Waals surface area (Å²) in [6.07, 6.45) is -0.0202. The average molecular weight is 570 g/mol. The Labute approximate surface area is 240 Å². The first-order chi connectivity index (χ1) is 19.1. The Morgan fingerprint density at radius 3 is 2.51 bits per heavy atom. The van der Waals surface area contributed by atoms with Crippen LogP contribution in [0.25, 0.3) is 22.2 Å². The molecule has 1 aliphatic rings. The topological polar surface area (TPSA) is 112 Å². The highest BCUT2D eigenvalue weighted by Gasteiger charge is 2.35. The molecule has 41 heavy (non-hydrogen) atoms. The SMILES string of the molecule is COCC(C)(C)NC(=O)c1cc2c(-c3cc(F)c4c(c3C)CCCO4)c([C@H](OC(C)(C)C)C(=O)O)c(C)nc2n1C. The summed E-state index contributed by atoms with van der Waals surface area (Å²) in [4.78, 5) is 30.9. The summed E-state index contributed by atoms with van der Waals surface area (Å²) < 4.78 is 34.2. The smallest absolute Gasteiger partial charge is 0.337 e. The molecule has 1 aliphatic heterocycles. The van der Waals surface area contributed by atoms with Gasteiger partial charge >= 0.3 is 5.97 Å². The van der Waals surface area contributed by atoms with Gasteiger partial charge in [-0.3, -0.25) is 4.79 Å². The Balaban J connectivity index is 2.08. The molecule has 3 heterocycles. The van der Waals surface area contributed by atoms with Gasteiger partial charge < -0.3 is 29.2 Å². The zero-order valence-corrected chi connectivity index (χ0v) is 25.3. The number of benzene rings is 1. The molecule has 222 valence electrons. The van der Waals surface area contributed by atoms with E-state index >= 15 is 4.39 Å². The van der Waals surface area contributed by atoms with Crippen molar-refractivity contribution in [1.29, 1.82) is 0 Å². The zero-order valence-electron chi connectivity index (χ0n) is 25.3. The van der Waals surface area contributed by atoms with Gasteiger partial charge in [0.2, 0.25) is 0 Å². The van der Waals surface area contributed by atoms with E-state index in [0.29, 0.717) is 58.7 Å². The molecule has 0 unspecified atom stereocenters. The second-order valence-electron chi connectivity index (χ2n) is 12.3. The van der Waals surface area contributed by atoms with Crippen LogP contribution in [0.4, 0.5) is 4.39 Å². The van der Waals surface area contributed by atoms with Crippen molar-refractivity contribution in [3.63, 3.8) is 0 Å².